The van der Waals surface area contributed by atoms with Gasteiger partial charge in [-0.2, -0.15) is 4.98 Å². The molecule has 1 heterocycles. The van der Waals surface area contributed by atoms with Crippen molar-refractivity contribution in [3.63, 3.8) is 0 Å². The quantitative estimate of drug-likeness (QED) is 0.710. The van der Waals surface area contributed by atoms with E-state index in [-0.39, 0.29) is 23.7 Å². The topological polar surface area (TPSA) is 96.7 Å². The predicted molar refractivity (Wildman–Crippen MR) is 83.9 cm³/mol. The van der Waals surface area contributed by atoms with E-state index in [0.717, 1.165) is 12.0 Å². The van der Waals surface area contributed by atoms with Gasteiger partial charge in [0.2, 0.25) is 17.0 Å². The Morgan fingerprint density at radius 2 is 2.14 bits per heavy atom. The van der Waals surface area contributed by atoms with Crippen LogP contribution in [-0.2, 0) is 4.79 Å². The van der Waals surface area contributed by atoms with Crippen molar-refractivity contribution in [1.29, 1.82) is 0 Å². The van der Waals surface area contributed by atoms with E-state index in [1.165, 1.54) is 17.3 Å². The van der Waals surface area contributed by atoms with Gasteiger partial charge in [-0.15, -0.1) is 5.10 Å². The van der Waals surface area contributed by atoms with Gasteiger partial charge in [0.1, 0.15) is 0 Å². The van der Waals surface area contributed by atoms with Crippen LogP contribution in [0.25, 0.3) is 0 Å². The second-order valence-corrected chi connectivity index (χ2v) is 5.67. The van der Waals surface area contributed by atoms with Crippen molar-refractivity contribution in [3.05, 3.63) is 35.4 Å². The third-order valence-corrected chi connectivity index (χ3v) is 3.89. The number of rotatable bonds is 6. The van der Waals surface area contributed by atoms with E-state index in [9.17, 15) is 4.79 Å². The van der Waals surface area contributed by atoms with Crippen LogP contribution in [0, 0.1) is 6.92 Å². The Balaban J connectivity index is 1.89. The molecule has 21 heavy (non-hydrogen) atoms. The minimum atomic E-state index is -0.0456. The number of anilines is 1. The molecule has 1 amide bonds. The van der Waals surface area contributed by atoms with Gasteiger partial charge < -0.3 is 11.1 Å². The van der Waals surface area contributed by atoms with Crippen molar-refractivity contribution in [2.75, 3.05) is 11.5 Å². The van der Waals surface area contributed by atoms with E-state index in [1.54, 1.807) is 0 Å². The van der Waals surface area contributed by atoms with E-state index in [4.69, 9.17) is 5.73 Å². The molecule has 6 nitrogen and oxygen atoms in total. The number of amides is 1. The lowest BCUT2D eigenvalue weighted by Crippen LogP contribution is -2.29. The van der Waals surface area contributed by atoms with Gasteiger partial charge in [-0.25, -0.2) is 5.10 Å². The van der Waals surface area contributed by atoms with Gasteiger partial charge in [-0.05, 0) is 18.9 Å². The van der Waals surface area contributed by atoms with Crippen molar-refractivity contribution in [2.24, 2.45) is 0 Å². The summed E-state index contributed by atoms with van der Waals surface area (Å²) in [6.45, 7) is 4.09. The van der Waals surface area contributed by atoms with Gasteiger partial charge >= 0.3 is 0 Å². The molecule has 1 atom stereocenters. The van der Waals surface area contributed by atoms with Crippen molar-refractivity contribution in [1.82, 2.24) is 20.5 Å². The average Bonchev–Trinajstić information content (AvgIpc) is 2.89. The van der Waals surface area contributed by atoms with E-state index in [1.807, 2.05) is 26.0 Å². The number of nitrogens with two attached hydrogens (primary N) is 1. The molecule has 4 N–H and O–H groups in total. The lowest BCUT2D eigenvalue weighted by atomic mass is 10.0. The maximum absolute atomic E-state index is 12.0. The van der Waals surface area contributed by atoms with Crippen LogP contribution in [-0.4, -0.2) is 26.8 Å². The summed E-state index contributed by atoms with van der Waals surface area (Å²) < 4.78 is 0. The molecule has 0 saturated carbocycles. The maximum atomic E-state index is 12.0. The molecular formula is C14H19N5OS. The summed E-state index contributed by atoms with van der Waals surface area (Å²) in [6, 6.07) is 8.22. The number of carbonyl (C=O) groups excluding carboxylic acids is 1. The number of aromatic amines is 1. The standard InChI is InChI=1S/C14H19N5OS/c1-3-11(10-6-4-9(2)5-7-10)16-12(20)8-21-14-17-13(15)18-19-14/h4-7,11H,3,8H2,1-2H3,(H,16,20)(H3,15,17,18,19). The lowest BCUT2D eigenvalue weighted by Gasteiger charge is -2.17. The van der Waals surface area contributed by atoms with Gasteiger partial charge in [0.05, 0.1) is 11.8 Å². The fourth-order valence-electron chi connectivity index (χ4n) is 1.91. The lowest BCUT2D eigenvalue weighted by molar-refractivity contribution is -0.119. The third kappa shape index (κ3) is 4.49. The normalized spacial score (nSPS) is 12.1. The Bertz CT molecular complexity index is 596. The minimum absolute atomic E-state index is 0.0240. The molecule has 0 fully saturated rings. The molecule has 0 aliphatic rings. The predicted octanol–water partition coefficient (Wildman–Crippen LogP) is 2.05. The summed E-state index contributed by atoms with van der Waals surface area (Å²) in [5.74, 6) is 0.472. The average molecular weight is 305 g/mol. The van der Waals surface area contributed by atoms with Crippen LogP contribution in [0.15, 0.2) is 29.4 Å². The molecule has 2 aromatic rings. The number of benzene rings is 1. The summed E-state index contributed by atoms with van der Waals surface area (Å²) in [4.78, 5) is 15.9. The molecular weight excluding hydrogens is 286 g/mol. The molecule has 1 unspecified atom stereocenters. The van der Waals surface area contributed by atoms with Gasteiger partial charge in [0.15, 0.2) is 0 Å². The summed E-state index contributed by atoms with van der Waals surface area (Å²) in [5.41, 5.74) is 7.75. The first-order chi connectivity index (χ1) is 10.1. The van der Waals surface area contributed by atoms with Gasteiger partial charge in [-0.1, -0.05) is 48.5 Å². The summed E-state index contributed by atoms with van der Waals surface area (Å²) in [7, 11) is 0. The SMILES string of the molecule is CCC(NC(=O)CSc1n[nH]c(N)n1)c1ccc(C)cc1. The molecule has 0 saturated heterocycles. The largest absolute Gasteiger partial charge is 0.368 e. The molecule has 0 aliphatic carbocycles. The fourth-order valence-corrected chi connectivity index (χ4v) is 2.53. The van der Waals surface area contributed by atoms with E-state index >= 15 is 0 Å². The number of nitrogens with one attached hydrogen (secondary N) is 2. The summed E-state index contributed by atoms with van der Waals surface area (Å²) in [5, 5.41) is 9.92. The van der Waals surface area contributed by atoms with Crippen LogP contribution in [0.1, 0.15) is 30.5 Å². The van der Waals surface area contributed by atoms with Gasteiger partial charge in [0.25, 0.3) is 0 Å². The Morgan fingerprint density at radius 3 is 2.71 bits per heavy atom. The Morgan fingerprint density at radius 1 is 1.43 bits per heavy atom. The zero-order valence-corrected chi connectivity index (χ0v) is 12.9. The zero-order valence-electron chi connectivity index (χ0n) is 12.1. The molecule has 1 aromatic carbocycles. The highest BCUT2D eigenvalue weighted by atomic mass is 32.2. The number of nitrogens with zero attached hydrogens (tertiary/aromatic N) is 2. The summed E-state index contributed by atoms with van der Waals surface area (Å²) >= 11 is 1.25. The number of thioether (sulfide) groups is 1. The highest BCUT2D eigenvalue weighted by Gasteiger charge is 2.13. The number of hydrogen-bond donors (Lipinski definition) is 3. The molecule has 2 rings (SSSR count). The third-order valence-electron chi connectivity index (χ3n) is 3.04. The Labute approximate surface area is 127 Å². The van der Waals surface area contributed by atoms with Crippen LogP contribution < -0.4 is 11.1 Å². The smallest absolute Gasteiger partial charge is 0.230 e. The molecule has 1 aromatic heterocycles. The molecule has 0 aliphatic heterocycles. The van der Waals surface area contributed by atoms with Crippen molar-refractivity contribution in [2.45, 2.75) is 31.5 Å². The zero-order chi connectivity index (χ0) is 15.2. The van der Waals surface area contributed by atoms with Crippen LogP contribution in [0.5, 0.6) is 0 Å². The maximum Gasteiger partial charge on any atom is 0.230 e. The highest BCUT2D eigenvalue weighted by Crippen LogP contribution is 2.18. The van der Waals surface area contributed by atoms with Crippen molar-refractivity contribution in [3.8, 4) is 0 Å². The summed E-state index contributed by atoms with van der Waals surface area (Å²) in [6.07, 6.45) is 0.840. The first-order valence-corrected chi connectivity index (χ1v) is 7.73. The number of carbonyl (C=O) groups is 1. The second-order valence-electron chi connectivity index (χ2n) is 4.73. The van der Waals surface area contributed by atoms with E-state index < -0.39 is 0 Å². The number of aryl methyl sites for hydroxylation is 1. The molecule has 0 bridgehead atoms. The van der Waals surface area contributed by atoms with Crippen molar-refractivity contribution >= 4 is 23.6 Å². The number of aromatic nitrogens is 3. The number of H-pyrrole nitrogens is 1. The van der Waals surface area contributed by atoms with E-state index in [2.05, 4.69) is 32.6 Å². The van der Waals surface area contributed by atoms with Crippen LogP contribution in [0.3, 0.4) is 0 Å². The van der Waals surface area contributed by atoms with Gasteiger partial charge in [-0.3, -0.25) is 4.79 Å². The van der Waals surface area contributed by atoms with Crippen LogP contribution in [0.4, 0.5) is 5.95 Å². The van der Waals surface area contributed by atoms with Gasteiger partial charge in [0, 0.05) is 0 Å². The second kappa shape index (κ2) is 7.12. The number of hydrogen-bond acceptors (Lipinski definition) is 5. The van der Waals surface area contributed by atoms with Crippen LogP contribution in [0.2, 0.25) is 0 Å². The van der Waals surface area contributed by atoms with Crippen molar-refractivity contribution < 1.29 is 4.79 Å². The first kappa shape index (κ1) is 15.4. The fraction of sp³-hybridized carbons (Fsp3) is 0.357. The minimum Gasteiger partial charge on any atom is -0.368 e. The first-order valence-electron chi connectivity index (χ1n) is 6.75. The highest BCUT2D eigenvalue weighted by molar-refractivity contribution is 7.99. The van der Waals surface area contributed by atoms with Crippen LogP contribution >= 0.6 is 11.8 Å². The molecule has 7 heteroatoms. The monoisotopic (exact) mass is 305 g/mol. The number of nitrogen functional groups attached to an aromatic ring is 1. The molecule has 0 radical (unpaired) electrons. The Hall–Kier alpha value is -2.02. The van der Waals surface area contributed by atoms with E-state index in [0.29, 0.717) is 5.16 Å². The molecule has 0 spiro atoms. The molecule has 112 valence electrons. The Kier molecular flexibility index (Phi) is 5.21.